The van der Waals surface area contributed by atoms with Crippen molar-refractivity contribution in [2.45, 2.75) is 18.9 Å². The van der Waals surface area contributed by atoms with Crippen LogP contribution in [0.15, 0.2) is 30.7 Å². The zero-order valence-electron chi connectivity index (χ0n) is 12.9. The Hall–Kier alpha value is -2.88. The van der Waals surface area contributed by atoms with E-state index in [2.05, 4.69) is 26.4 Å². The molecule has 3 rings (SSSR count). The van der Waals surface area contributed by atoms with Crippen molar-refractivity contribution in [1.82, 2.24) is 20.1 Å². The highest BCUT2D eigenvalue weighted by Gasteiger charge is 2.26. The standard InChI is InChI=1S/C16H18N6O/c1-21-11-13(9-20-21)16(23)19-10-14-3-2-6-22(14)15-5-4-12(7-17)8-18-15/h4-5,8-9,11,14H,2-3,6,10H2,1H3,(H,19,23)/t14-/m1/s1. The molecule has 0 spiro atoms. The zero-order chi connectivity index (χ0) is 16.2. The molecule has 1 aliphatic heterocycles. The first kappa shape index (κ1) is 15.0. The number of hydrogen-bond donors (Lipinski definition) is 1. The fraction of sp³-hybridized carbons (Fsp3) is 0.375. The lowest BCUT2D eigenvalue weighted by atomic mass is 10.2. The summed E-state index contributed by atoms with van der Waals surface area (Å²) >= 11 is 0. The van der Waals surface area contributed by atoms with E-state index in [1.807, 2.05) is 6.07 Å². The SMILES string of the molecule is Cn1cc(C(=O)NC[C@H]2CCCN2c2ccc(C#N)cn2)cn1. The van der Waals surface area contributed by atoms with E-state index in [-0.39, 0.29) is 11.9 Å². The average molecular weight is 310 g/mol. The molecule has 0 saturated carbocycles. The highest BCUT2D eigenvalue weighted by molar-refractivity contribution is 5.93. The molecule has 1 saturated heterocycles. The fourth-order valence-electron chi connectivity index (χ4n) is 2.82. The lowest BCUT2D eigenvalue weighted by molar-refractivity contribution is 0.0951. The molecule has 2 aromatic rings. The van der Waals surface area contributed by atoms with Gasteiger partial charge in [-0.05, 0) is 25.0 Å². The summed E-state index contributed by atoms with van der Waals surface area (Å²) < 4.78 is 1.61. The van der Waals surface area contributed by atoms with Gasteiger partial charge in [0.05, 0.1) is 17.3 Å². The Labute approximate surface area is 134 Å². The Morgan fingerprint density at radius 1 is 1.48 bits per heavy atom. The molecule has 1 fully saturated rings. The lowest BCUT2D eigenvalue weighted by Gasteiger charge is -2.25. The van der Waals surface area contributed by atoms with Gasteiger partial charge in [-0.15, -0.1) is 0 Å². The Bertz CT molecular complexity index is 730. The number of carbonyl (C=O) groups excluding carboxylic acids is 1. The molecular formula is C16H18N6O. The minimum atomic E-state index is -0.113. The van der Waals surface area contributed by atoms with Gasteiger partial charge in [0, 0.05) is 38.6 Å². The van der Waals surface area contributed by atoms with Crippen LogP contribution in [0.4, 0.5) is 5.82 Å². The smallest absolute Gasteiger partial charge is 0.254 e. The van der Waals surface area contributed by atoms with Gasteiger partial charge in [-0.2, -0.15) is 10.4 Å². The molecular weight excluding hydrogens is 292 g/mol. The van der Waals surface area contributed by atoms with E-state index < -0.39 is 0 Å². The van der Waals surface area contributed by atoms with Crippen molar-refractivity contribution in [3.63, 3.8) is 0 Å². The number of pyridine rings is 1. The maximum absolute atomic E-state index is 12.1. The van der Waals surface area contributed by atoms with Gasteiger partial charge in [-0.25, -0.2) is 4.98 Å². The molecule has 1 N–H and O–H groups in total. The molecule has 7 nitrogen and oxygen atoms in total. The summed E-state index contributed by atoms with van der Waals surface area (Å²) in [5, 5.41) is 15.8. The maximum Gasteiger partial charge on any atom is 0.254 e. The molecule has 0 unspecified atom stereocenters. The van der Waals surface area contributed by atoms with Crippen LogP contribution < -0.4 is 10.2 Å². The van der Waals surface area contributed by atoms with Gasteiger partial charge in [0.15, 0.2) is 0 Å². The van der Waals surface area contributed by atoms with Crippen molar-refractivity contribution < 1.29 is 4.79 Å². The van der Waals surface area contributed by atoms with Crippen molar-refractivity contribution in [2.24, 2.45) is 7.05 Å². The number of carbonyl (C=O) groups is 1. The monoisotopic (exact) mass is 310 g/mol. The van der Waals surface area contributed by atoms with Crippen LogP contribution >= 0.6 is 0 Å². The van der Waals surface area contributed by atoms with Gasteiger partial charge in [0.2, 0.25) is 0 Å². The second-order valence-corrected chi connectivity index (χ2v) is 5.62. The third-order valence-corrected chi connectivity index (χ3v) is 4.01. The van der Waals surface area contributed by atoms with Gasteiger partial charge in [-0.3, -0.25) is 9.48 Å². The highest BCUT2D eigenvalue weighted by atomic mass is 16.1. The van der Waals surface area contributed by atoms with E-state index in [9.17, 15) is 4.79 Å². The third kappa shape index (κ3) is 3.31. The Morgan fingerprint density at radius 3 is 3.00 bits per heavy atom. The summed E-state index contributed by atoms with van der Waals surface area (Å²) in [5.74, 6) is 0.736. The number of nitrogens with one attached hydrogen (secondary N) is 1. The molecule has 2 aromatic heterocycles. The van der Waals surface area contributed by atoms with Crippen molar-refractivity contribution in [1.29, 1.82) is 5.26 Å². The molecule has 7 heteroatoms. The Balaban J connectivity index is 1.62. The van der Waals surface area contributed by atoms with Crippen LogP contribution in [-0.2, 0) is 7.05 Å². The van der Waals surface area contributed by atoms with E-state index in [1.54, 1.807) is 36.4 Å². The Morgan fingerprint density at radius 2 is 2.35 bits per heavy atom. The fourth-order valence-corrected chi connectivity index (χ4v) is 2.82. The number of rotatable bonds is 4. The quantitative estimate of drug-likeness (QED) is 0.913. The number of anilines is 1. The van der Waals surface area contributed by atoms with Crippen LogP contribution in [0.5, 0.6) is 0 Å². The Kier molecular flexibility index (Phi) is 4.24. The normalized spacial score (nSPS) is 17.0. The molecule has 118 valence electrons. The zero-order valence-corrected chi connectivity index (χ0v) is 12.9. The van der Waals surface area contributed by atoms with Crippen LogP contribution in [0.2, 0.25) is 0 Å². The first-order valence-corrected chi connectivity index (χ1v) is 7.57. The predicted octanol–water partition coefficient (Wildman–Crippen LogP) is 1.09. The topological polar surface area (TPSA) is 86.8 Å². The lowest BCUT2D eigenvalue weighted by Crippen LogP contribution is -2.40. The molecule has 0 aromatic carbocycles. The molecule has 1 atom stereocenters. The van der Waals surface area contributed by atoms with Gasteiger partial charge < -0.3 is 10.2 Å². The first-order chi connectivity index (χ1) is 11.2. The summed E-state index contributed by atoms with van der Waals surface area (Å²) in [6.07, 6.45) is 6.91. The summed E-state index contributed by atoms with van der Waals surface area (Å²) in [4.78, 5) is 18.6. The summed E-state index contributed by atoms with van der Waals surface area (Å²) in [5.41, 5.74) is 1.11. The second kappa shape index (κ2) is 6.48. The van der Waals surface area contributed by atoms with Crippen LogP contribution in [0.3, 0.4) is 0 Å². The molecule has 0 aliphatic carbocycles. The average Bonchev–Trinajstić information content (AvgIpc) is 3.21. The van der Waals surface area contributed by atoms with Gasteiger partial charge in [-0.1, -0.05) is 0 Å². The minimum Gasteiger partial charge on any atom is -0.352 e. The third-order valence-electron chi connectivity index (χ3n) is 4.01. The van der Waals surface area contributed by atoms with Crippen LogP contribution in [0.1, 0.15) is 28.8 Å². The van der Waals surface area contributed by atoms with Crippen molar-refractivity contribution in [3.05, 3.63) is 41.9 Å². The maximum atomic E-state index is 12.1. The number of hydrogen-bond acceptors (Lipinski definition) is 5. The van der Waals surface area contributed by atoms with Gasteiger partial charge >= 0.3 is 0 Å². The van der Waals surface area contributed by atoms with E-state index in [1.165, 1.54) is 0 Å². The van der Waals surface area contributed by atoms with Gasteiger partial charge in [0.25, 0.3) is 5.91 Å². The largest absolute Gasteiger partial charge is 0.352 e. The van der Waals surface area contributed by atoms with Gasteiger partial charge in [0.1, 0.15) is 11.9 Å². The summed E-state index contributed by atoms with van der Waals surface area (Å²) in [6.45, 7) is 1.47. The van der Waals surface area contributed by atoms with E-state index in [0.29, 0.717) is 17.7 Å². The molecule has 23 heavy (non-hydrogen) atoms. The van der Waals surface area contributed by atoms with E-state index in [0.717, 1.165) is 25.2 Å². The molecule has 1 amide bonds. The molecule has 3 heterocycles. The summed E-state index contributed by atoms with van der Waals surface area (Å²) in [6, 6.07) is 5.92. The molecule has 0 radical (unpaired) electrons. The first-order valence-electron chi connectivity index (χ1n) is 7.57. The second-order valence-electron chi connectivity index (χ2n) is 5.62. The number of nitriles is 1. The minimum absolute atomic E-state index is 0.113. The number of aromatic nitrogens is 3. The number of amides is 1. The van der Waals surface area contributed by atoms with Crippen LogP contribution in [0.25, 0.3) is 0 Å². The van der Waals surface area contributed by atoms with Crippen molar-refractivity contribution in [3.8, 4) is 6.07 Å². The van der Waals surface area contributed by atoms with Crippen molar-refractivity contribution >= 4 is 11.7 Å². The van der Waals surface area contributed by atoms with Crippen LogP contribution in [0, 0.1) is 11.3 Å². The van der Waals surface area contributed by atoms with E-state index in [4.69, 9.17) is 5.26 Å². The molecule has 0 bridgehead atoms. The van der Waals surface area contributed by atoms with Crippen LogP contribution in [-0.4, -0.2) is 39.8 Å². The number of aryl methyl sites for hydroxylation is 1. The van der Waals surface area contributed by atoms with Crippen molar-refractivity contribution in [2.75, 3.05) is 18.0 Å². The molecule has 1 aliphatic rings. The van der Waals surface area contributed by atoms with E-state index >= 15 is 0 Å². The highest BCUT2D eigenvalue weighted by Crippen LogP contribution is 2.23. The predicted molar refractivity (Wildman–Crippen MR) is 84.9 cm³/mol. The number of nitrogens with zero attached hydrogens (tertiary/aromatic N) is 5. The summed E-state index contributed by atoms with van der Waals surface area (Å²) in [7, 11) is 1.78.